The summed E-state index contributed by atoms with van der Waals surface area (Å²) in [6.07, 6.45) is 0.437. The van der Waals surface area contributed by atoms with E-state index in [0.717, 1.165) is 37.5 Å². The monoisotopic (exact) mass is 281 g/mol. The molecule has 0 aromatic heterocycles. The molecule has 4 nitrogen and oxygen atoms in total. The molecule has 1 aromatic carbocycles. The Morgan fingerprint density at radius 3 is 2.45 bits per heavy atom. The van der Waals surface area contributed by atoms with Crippen molar-refractivity contribution >= 4 is 0 Å². The Hall–Kier alpha value is -1.10. The second-order valence-electron chi connectivity index (χ2n) is 4.74. The van der Waals surface area contributed by atoms with Crippen LogP contribution in [-0.2, 0) is 4.74 Å². The molecule has 0 saturated carbocycles. The van der Waals surface area contributed by atoms with Crippen molar-refractivity contribution in [2.75, 3.05) is 26.4 Å². The van der Waals surface area contributed by atoms with Crippen molar-refractivity contribution in [1.29, 1.82) is 0 Å². The number of aliphatic hydroxyl groups excluding tert-OH is 1. The Labute approximate surface area is 122 Å². The fraction of sp³-hybridized carbons (Fsp3) is 0.625. The zero-order chi connectivity index (χ0) is 14.8. The van der Waals surface area contributed by atoms with Crippen LogP contribution >= 0.6 is 0 Å². The van der Waals surface area contributed by atoms with Gasteiger partial charge in [0.05, 0.1) is 12.7 Å². The summed E-state index contributed by atoms with van der Waals surface area (Å²) in [4.78, 5) is 0. The van der Waals surface area contributed by atoms with E-state index in [1.165, 1.54) is 0 Å². The average Bonchev–Trinajstić information content (AvgIpc) is 2.47. The zero-order valence-corrected chi connectivity index (χ0v) is 12.8. The summed E-state index contributed by atoms with van der Waals surface area (Å²) in [5, 5.41) is 13.6. The normalized spacial score (nSPS) is 14.0. The third-order valence-corrected chi connectivity index (χ3v) is 3.14. The molecule has 2 unspecified atom stereocenters. The van der Waals surface area contributed by atoms with Gasteiger partial charge in [0.1, 0.15) is 5.75 Å². The van der Waals surface area contributed by atoms with E-state index in [1.807, 2.05) is 45.0 Å². The number of nitrogens with one attached hydrogen (secondary N) is 1. The van der Waals surface area contributed by atoms with Crippen molar-refractivity contribution in [1.82, 2.24) is 5.32 Å². The van der Waals surface area contributed by atoms with Gasteiger partial charge in [-0.05, 0) is 51.4 Å². The predicted octanol–water partition coefficient (Wildman–Crippen LogP) is 2.52. The van der Waals surface area contributed by atoms with Gasteiger partial charge in [0.25, 0.3) is 0 Å². The first kappa shape index (κ1) is 17.0. The van der Waals surface area contributed by atoms with Gasteiger partial charge < -0.3 is 19.9 Å². The van der Waals surface area contributed by atoms with E-state index in [1.54, 1.807) is 0 Å². The van der Waals surface area contributed by atoms with Gasteiger partial charge in [0, 0.05) is 19.3 Å². The van der Waals surface area contributed by atoms with Gasteiger partial charge in [0.2, 0.25) is 0 Å². The molecule has 0 radical (unpaired) electrons. The van der Waals surface area contributed by atoms with Crippen molar-refractivity contribution < 1.29 is 14.6 Å². The summed E-state index contributed by atoms with van der Waals surface area (Å²) >= 11 is 0. The highest BCUT2D eigenvalue weighted by Crippen LogP contribution is 2.20. The van der Waals surface area contributed by atoms with E-state index in [0.29, 0.717) is 6.61 Å². The smallest absolute Gasteiger partial charge is 0.119 e. The third kappa shape index (κ3) is 5.90. The van der Waals surface area contributed by atoms with E-state index in [-0.39, 0.29) is 6.04 Å². The maximum atomic E-state index is 10.3. The molecule has 1 rings (SSSR count). The highest BCUT2D eigenvalue weighted by Gasteiger charge is 2.15. The Morgan fingerprint density at radius 2 is 1.85 bits per heavy atom. The minimum atomic E-state index is -0.516. The van der Waals surface area contributed by atoms with Crippen LogP contribution < -0.4 is 10.1 Å². The Balaban J connectivity index is 2.37. The van der Waals surface area contributed by atoms with Gasteiger partial charge in [0.15, 0.2) is 0 Å². The molecule has 0 heterocycles. The van der Waals surface area contributed by atoms with E-state index >= 15 is 0 Å². The molecule has 114 valence electrons. The lowest BCUT2D eigenvalue weighted by atomic mass is 10.0. The molecule has 4 heteroatoms. The van der Waals surface area contributed by atoms with Crippen LogP contribution in [0.25, 0.3) is 0 Å². The first-order valence-corrected chi connectivity index (χ1v) is 7.41. The maximum absolute atomic E-state index is 10.3. The number of hydrogen-bond acceptors (Lipinski definition) is 4. The van der Waals surface area contributed by atoms with E-state index in [4.69, 9.17) is 9.47 Å². The molecule has 0 aliphatic carbocycles. The van der Waals surface area contributed by atoms with Crippen LogP contribution in [0.15, 0.2) is 24.3 Å². The Bertz CT molecular complexity index is 353. The van der Waals surface area contributed by atoms with Crippen LogP contribution in [0.5, 0.6) is 5.75 Å². The lowest BCUT2D eigenvalue weighted by Crippen LogP contribution is -2.33. The molecule has 0 spiro atoms. The summed E-state index contributed by atoms with van der Waals surface area (Å²) in [6, 6.07) is 7.62. The first-order valence-electron chi connectivity index (χ1n) is 7.41. The van der Waals surface area contributed by atoms with Crippen LogP contribution in [0, 0.1) is 0 Å². The van der Waals surface area contributed by atoms with Gasteiger partial charge in [-0.3, -0.25) is 0 Å². The summed E-state index contributed by atoms with van der Waals surface area (Å²) in [5.41, 5.74) is 0.901. The van der Waals surface area contributed by atoms with E-state index < -0.39 is 6.10 Å². The van der Waals surface area contributed by atoms with Gasteiger partial charge in [-0.2, -0.15) is 0 Å². The SMILES string of the molecule is CCOCCCNC(C)C(O)c1ccc(OCC)cc1. The second kappa shape index (κ2) is 9.75. The van der Waals surface area contributed by atoms with Crippen molar-refractivity contribution in [2.45, 2.75) is 39.3 Å². The number of benzene rings is 1. The maximum Gasteiger partial charge on any atom is 0.119 e. The van der Waals surface area contributed by atoms with Crippen molar-refractivity contribution in [3.63, 3.8) is 0 Å². The number of rotatable bonds is 10. The van der Waals surface area contributed by atoms with Crippen LogP contribution in [-0.4, -0.2) is 37.5 Å². The fourth-order valence-corrected chi connectivity index (χ4v) is 1.98. The molecule has 2 atom stereocenters. The molecule has 0 aliphatic heterocycles. The van der Waals surface area contributed by atoms with Gasteiger partial charge in [-0.15, -0.1) is 0 Å². The molecule has 1 aromatic rings. The lowest BCUT2D eigenvalue weighted by molar-refractivity contribution is 0.125. The predicted molar refractivity (Wildman–Crippen MR) is 81.1 cm³/mol. The van der Waals surface area contributed by atoms with E-state index in [9.17, 15) is 5.11 Å². The number of aliphatic hydroxyl groups is 1. The molecule has 0 bridgehead atoms. The molecule has 0 amide bonds. The van der Waals surface area contributed by atoms with E-state index in [2.05, 4.69) is 5.32 Å². The quantitative estimate of drug-likeness (QED) is 0.647. The van der Waals surface area contributed by atoms with Crippen molar-refractivity contribution in [3.05, 3.63) is 29.8 Å². The summed E-state index contributed by atoms with van der Waals surface area (Å²) < 4.78 is 10.7. The molecule has 0 aliphatic rings. The summed E-state index contributed by atoms with van der Waals surface area (Å²) in [7, 11) is 0. The summed E-state index contributed by atoms with van der Waals surface area (Å²) in [6.45, 7) is 8.94. The first-order chi connectivity index (χ1) is 9.69. The molecular weight excluding hydrogens is 254 g/mol. The highest BCUT2D eigenvalue weighted by atomic mass is 16.5. The molecule has 2 N–H and O–H groups in total. The van der Waals surface area contributed by atoms with Crippen molar-refractivity contribution in [3.8, 4) is 5.75 Å². The van der Waals surface area contributed by atoms with Crippen LogP contribution in [0.4, 0.5) is 0 Å². The van der Waals surface area contributed by atoms with Crippen LogP contribution in [0.1, 0.15) is 38.9 Å². The van der Waals surface area contributed by atoms with Crippen LogP contribution in [0.2, 0.25) is 0 Å². The highest BCUT2D eigenvalue weighted by molar-refractivity contribution is 5.29. The minimum Gasteiger partial charge on any atom is -0.494 e. The Kier molecular flexibility index (Phi) is 8.26. The Morgan fingerprint density at radius 1 is 1.15 bits per heavy atom. The lowest BCUT2D eigenvalue weighted by Gasteiger charge is -2.21. The average molecular weight is 281 g/mol. The fourth-order valence-electron chi connectivity index (χ4n) is 1.98. The molecular formula is C16H27NO3. The molecule has 0 saturated heterocycles. The summed E-state index contributed by atoms with van der Waals surface area (Å²) in [5.74, 6) is 0.834. The third-order valence-electron chi connectivity index (χ3n) is 3.14. The second-order valence-corrected chi connectivity index (χ2v) is 4.74. The van der Waals surface area contributed by atoms with Crippen molar-refractivity contribution in [2.24, 2.45) is 0 Å². The number of hydrogen-bond donors (Lipinski definition) is 2. The largest absolute Gasteiger partial charge is 0.494 e. The number of ether oxygens (including phenoxy) is 2. The minimum absolute atomic E-state index is 0.00886. The van der Waals surface area contributed by atoms with Crippen LogP contribution in [0.3, 0.4) is 0 Å². The van der Waals surface area contributed by atoms with Gasteiger partial charge in [-0.1, -0.05) is 12.1 Å². The topological polar surface area (TPSA) is 50.7 Å². The zero-order valence-electron chi connectivity index (χ0n) is 12.8. The standard InChI is InChI=1S/C16H27NO3/c1-4-19-12-6-11-17-13(3)16(18)14-7-9-15(10-8-14)20-5-2/h7-10,13,16-18H,4-6,11-12H2,1-3H3. The molecule has 0 fully saturated rings. The molecule has 20 heavy (non-hydrogen) atoms. The van der Waals surface area contributed by atoms with Gasteiger partial charge >= 0.3 is 0 Å². The van der Waals surface area contributed by atoms with Gasteiger partial charge in [-0.25, -0.2) is 0 Å².